The second-order valence-corrected chi connectivity index (χ2v) is 10.6. The number of hydrogen-bond donors (Lipinski definition) is 0. The molecule has 2 nitrogen and oxygen atoms in total. The van der Waals surface area contributed by atoms with Gasteiger partial charge in [-0.15, -0.1) is 0 Å². The van der Waals surface area contributed by atoms with Crippen LogP contribution in [0.2, 0.25) is 0 Å². The predicted molar refractivity (Wildman–Crippen MR) is 169 cm³/mol. The van der Waals surface area contributed by atoms with Gasteiger partial charge in [-0.1, -0.05) is 84.9 Å². The molecule has 0 bridgehead atoms. The van der Waals surface area contributed by atoms with E-state index >= 15 is 0 Å². The number of nitrogens with zero attached hydrogens (tertiary/aromatic N) is 2. The lowest BCUT2D eigenvalue weighted by molar-refractivity contribution is 1.33. The van der Waals surface area contributed by atoms with E-state index in [-0.39, 0.29) is 0 Å². The van der Waals surface area contributed by atoms with Crippen molar-refractivity contribution >= 4 is 64.6 Å². The molecule has 2 heterocycles. The predicted octanol–water partition coefficient (Wildman–Crippen LogP) is 10.2. The summed E-state index contributed by atoms with van der Waals surface area (Å²) in [6.07, 6.45) is 5.75. The Hall–Kier alpha value is -5.34. The minimum atomic E-state index is 0.984. The van der Waals surface area contributed by atoms with Gasteiger partial charge in [0.2, 0.25) is 0 Å². The van der Waals surface area contributed by atoms with Gasteiger partial charge in [0.25, 0.3) is 0 Å². The van der Waals surface area contributed by atoms with Crippen molar-refractivity contribution in [3.05, 3.63) is 134 Å². The van der Waals surface area contributed by atoms with Crippen molar-refractivity contribution in [1.82, 2.24) is 9.97 Å². The highest BCUT2D eigenvalue weighted by atomic mass is 14.7. The summed E-state index contributed by atoms with van der Waals surface area (Å²) < 4.78 is 0. The molecule has 40 heavy (non-hydrogen) atoms. The number of rotatable bonds is 2. The lowest BCUT2D eigenvalue weighted by Gasteiger charge is -2.21. The number of aromatic nitrogens is 2. The third-order valence-electron chi connectivity index (χ3n) is 8.48. The summed E-state index contributed by atoms with van der Waals surface area (Å²) in [4.78, 5) is 9.44. The van der Waals surface area contributed by atoms with E-state index < -0.39 is 0 Å². The van der Waals surface area contributed by atoms with E-state index in [1.807, 2.05) is 30.7 Å². The minimum Gasteiger partial charge on any atom is -0.264 e. The average Bonchev–Trinajstić information content (AvgIpc) is 3.03. The fraction of sp³-hybridized carbons (Fsp3) is 0. The van der Waals surface area contributed by atoms with E-state index in [0.717, 1.165) is 11.3 Å². The van der Waals surface area contributed by atoms with Crippen LogP contribution in [0.5, 0.6) is 0 Å². The van der Waals surface area contributed by atoms with E-state index in [9.17, 15) is 0 Å². The molecule has 0 fully saturated rings. The Labute approximate surface area is 230 Å². The third kappa shape index (κ3) is 2.88. The molecule has 0 spiro atoms. The van der Waals surface area contributed by atoms with Crippen LogP contribution in [0.1, 0.15) is 0 Å². The first-order chi connectivity index (χ1) is 19.9. The standard InChI is InChI=1S/C38H22N2/c1-2-12-27-25(8-1)20-30-32(37(27)33-15-3-4-19-40-33)21-31-28-13-5-9-23-16-17-24-10-6-14-29(35(24)34(23)28)38(31)36(30)26-11-7-18-39-22-26/h1-22H. The highest BCUT2D eigenvalue weighted by Crippen LogP contribution is 2.49. The third-order valence-corrected chi connectivity index (χ3v) is 8.48. The molecule has 0 N–H and O–H groups in total. The molecule has 0 saturated carbocycles. The molecule has 2 heteroatoms. The molecule has 0 atom stereocenters. The summed E-state index contributed by atoms with van der Waals surface area (Å²) in [5, 5.41) is 15.2. The molecular formula is C38H22N2. The summed E-state index contributed by atoms with van der Waals surface area (Å²) in [6.45, 7) is 0. The molecule has 0 saturated heterocycles. The molecule has 0 amide bonds. The average molecular weight is 507 g/mol. The molecule has 9 aromatic rings. The maximum Gasteiger partial charge on any atom is 0.0714 e. The Bertz CT molecular complexity index is 2410. The summed E-state index contributed by atoms with van der Waals surface area (Å²) in [7, 11) is 0. The number of pyridine rings is 2. The van der Waals surface area contributed by atoms with Crippen LogP contribution in [0.15, 0.2) is 134 Å². The smallest absolute Gasteiger partial charge is 0.0714 e. The Morgan fingerprint density at radius 1 is 0.400 bits per heavy atom. The summed E-state index contributed by atoms with van der Waals surface area (Å²) in [6, 6.07) is 41.8. The first-order valence-corrected chi connectivity index (χ1v) is 13.7. The lowest BCUT2D eigenvalue weighted by atomic mass is 9.82. The van der Waals surface area contributed by atoms with Gasteiger partial charge in [0.1, 0.15) is 0 Å². The summed E-state index contributed by atoms with van der Waals surface area (Å²) >= 11 is 0. The zero-order chi connectivity index (χ0) is 26.2. The van der Waals surface area contributed by atoms with Gasteiger partial charge in [0.15, 0.2) is 0 Å². The van der Waals surface area contributed by atoms with Crippen LogP contribution in [0.4, 0.5) is 0 Å². The van der Waals surface area contributed by atoms with E-state index in [4.69, 9.17) is 4.98 Å². The summed E-state index contributed by atoms with van der Waals surface area (Å²) in [5.41, 5.74) is 4.50. The van der Waals surface area contributed by atoms with Crippen molar-refractivity contribution in [2.45, 2.75) is 0 Å². The Balaban J connectivity index is 1.65. The molecule has 2 aromatic heterocycles. The van der Waals surface area contributed by atoms with Crippen molar-refractivity contribution in [1.29, 1.82) is 0 Å². The van der Waals surface area contributed by atoms with E-state index in [0.29, 0.717) is 0 Å². The van der Waals surface area contributed by atoms with Gasteiger partial charge in [0.05, 0.1) is 5.69 Å². The van der Waals surface area contributed by atoms with Gasteiger partial charge in [-0.2, -0.15) is 0 Å². The normalized spacial score (nSPS) is 12.0. The van der Waals surface area contributed by atoms with Crippen molar-refractivity contribution < 1.29 is 0 Å². The Kier molecular flexibility index (Phi) is 4.36. The van der Waals surface area contributed by atoms with Gasteiger partial charge in [-0.05, 0) is 101 Å². The molecule has 0 aliphatic heterocycles. The first kappa shape index (κ1) is 21.6. The zero-order valence-corrected chi connectivity index (χ0v) is 21.6. The van der Waals surface area contributed by atoms with Crippen LogP contribution in [0, 0.1) is 0 Å². The van der Waals surface area contributed by atoms with Crippen LogP contribution >= 0.6 is 0 Å². The topological polar surface area (TPSA) is 25.8 Å². The molecular weight excluding hydrogens is 484 g/mol. The van der Waals surface area contributed by atoms with Gasteiger partial charge in [-0.25, -0.2) is 0 Å². The zero-order valence-electron chi connectivity index (χ0n) is 21.6. The van der Waals surface area contributed by atoms with E-state index in [1.165, 1.54) is 75.8 Å². The molecule has 9 rings (SSSR count). The highest BCUT2D eigenvalue weighted by Gasteiger charge is 2.21. The minimum absolute atomic E-state index is 0.984. The SMILES string of the molecule is c1ccc(-c2c3ccccc3cc3c(-c4cccnc4)c4c(cc23)c2cccc3ccc5cccc4c5c32)nc1. The molecule has 0 aliphatic rings. The van der Waals surface area contributed by atoms with E-state index in [1.54, 1.807) is 0 Å². The molecule has 0 aliphatic carbocycles. The van der Waals surface area contributed by atoms with Crippen LogP contribution in [-0.4, -0.2) is 9.97 Å². The van der Waals surface area contributed by atoms with Gasteiger partial charge >= 0.3 is 0 Å². The highest BCUT2D eigenvalue weighted by molar-refractivity contribution is 6.38. The van der Waals surface area contributed by atoms with Crippen LogP contribution < -0.4 is 0 Å². The Morgan fingerprint density at radius 3 is 1.93 bits per heavy atom. The maximum atomic E-state index is 4.86. The fourth-order valence-electron chi connectivity index (χ4n) is 6.88. The number of fused-ring (bicyclic) bond motifs is 5. The second-order valence-electron chi connectivity index (χ2n) is 10.6. The summed E-state index contributed by atoms with van der Waals surface area (Å²) in [5.74, 6) is 0. The number of hydrogen-bond acceptors (Lipinski definition) is 2. The molecule has 0 unspecified atom stereocenters. The van der Waals surface area contributed by atoms with Gasteiger partial charge in [-0.3, -0.25) is 9.97 Å². The lowest BCUT2D eigenvalue weighted by Crippen LogP contribution is -1.94. The van der Waals surface area contributed by atoms with Crippen molar-refractivity contribution in [3.8, 4) is 22.4 Å². The monoisotopic (exact) mass is 506 g/mol. The fourth-order valence-corrected chi connectivity index (χ4v) is 6.88. The maximum absolute atomic E-state index is 4.86. The van der Waals surface area contributed by atoms with Crippen molar-refractivity contribution in [3.63, 3.8) is 0 Å². The van der Waals surface area contributed by atoms with Gasteiger partial charge < -0.3 is 0 Å². The molecule has 0 radical (unpaired) electrons. The molecule has 7 aromatic carbocycles. The van der Waals surface area contributed by atoms with Gasteiger partial charge in [0, 0.05) is 29.7 Å². The largest absolute Gasteiger partial charge is 0.264 e. The van der Waals surface area contributed by atoms with Crippen molar-refractivity contribution in [2.24, 2.45) is 0 Å². The number of benzene rings is 7. The van der Waals surface area contributed by atoms with Crippen LogP contribution in [-0.2, 0) is 0 Å². The van der Waals surface area contributed by atoms with Crippen molar-refractivity contribution in [2.75, 3.05) is 0 Å². The van der Waals surface area contributed by atoms with E-state index in [2.05, 4.69) is 108 Å². The van der Waals surface area contributed by atoms with Crippen LogP contribution in [0.25, 0.3) is 87.0 Å². The quantitative estimate of drug-likeness (QED) is 0.172. The Morgan fingerprint density at radius 2 is 1.12 bits per heavy atom. The molecule has 184 valence electrons. The van der Waals surface area contributed by atoms with Crippen LogP contribution in [0.3, 0.4) is 0 Å². The first-order valence-electron chi connectivity index (χ1n) is 13.7. The second kappa shape index (κ2) is 8.08.